The summed E-state index contributed by atoms with van der Waals surface area (Å²) in [5.41, 5.74) is -1.67. The van der Waals surface area contributed by atoms with Crippen LogP contribution < -0.4 is 9.47 Å². The maximum Gasteiger partial charge on any atom is 0.389 e. The van der Waals surface area contributed by atoms with Gasteiger partial charge in [0.15, 0.2) is 0 Å². The number of rotatable bonds is 44. The van der Waals surface area contributed by atoms with Crippen molar-refractivity contribution in [2.24, 2.45) is 0 Å². The lowest BCUT2D eigenvalue weighted by atomic mass is 9.82. The van der Waals surface area contributed by atoms with Crippen LogP contribution in [-0.2, 0) is 49.5 Å². The van der Waals surface area contributed by atoms with Crippen molar-refractivity contribution in [3.63, 3.8) is 0 Å². The van der Waals surface area contributed by atoms with Crippen LogP contribution in [0, 0.1) is 0 Å². The smallest absolute Gasteiger partial charge is 0.389 e. The molecule has 0 spiro atoms. The van der Waals surface area contributed by atoms with Gasteiger partial charge in [-0.1, -0.05) is 153 Å². The summed E-state index contributed by atoms with van der Waals surface area (Å²) in [6, 6.07) is 19.9. The van der Waals surface area contributed by atoms with Gasteiger partial charge in [-0.3, -0.25) is 0 Å². The first-order valence-electron chi connectivity index (χ1n) is 27.3. The Kier molecular flexibility index (Phi) is 29.7. The van der Waals surface area contributed by atoms with Crippen molar-refractivity contribution in [3.8, 4) is 11.5 Å². The molecule has 0 aliphatic rings. The maximum absolute atomic E-state index is 14.2. The molecule has 0 aliphatic heterocycles. The quantitative estimate of drug-likeness (QED) is 0.0406. The molecule has 0 aliphatic carbocycles. The first kappa shape index (κ1) is 62.2. The molecule has 0 aromatic heterocycles. The summed E-state index contributed by atoms with van der Waals surface area (Å²) in [6.45, 7) is 14.1. The maximum atomic E-state index is 14.2. The van der Waals surface area contributed by atoms with Gasteiger partial charge in [-0.15, -0.1) is 0 Å². The minimum absolute atomic E-state index is 0.0325. The average Bonchev–Trinajstić information content (AvgIpc) is 3.37. The summed E-state index contributed by atoms with van der Waals surface area (Å²) >= 11 is 0. The average molecular weight is 1010 g/mol. The predicted octanol–water partition coefficient (Wildman–Crippen LogP) is 14.2. The van der Waals surface area contributed by atoms with Gasteiger partial charge >= 0.3 is 23.9 Å². The minimum atomic E-state index is -2.58. The molecule has 0 saturated carbocycles. The van der Waals surface area contributed by atoms with E-state index in [4.69, 9.17) is 47.4 Å². The van der Waals surface area contributed by atoms with E-state index in [1.807, 2.05) is 12.1 Å². The van der Waals surface area contributed by atoms with Gasteiger partial charge in [-0.25, -0.2) is 9.59 Å². The fourth-order valence-electron chi connectivity index (χ4n) is 9.10. The number of unbranched alkanes of at least 4 members (excludes halogenated alkanes) is 16. The second-order valence-corrected chi connectivity index (χ2v) is 17.6. The topological polar surface area (TPSA) is 167 Å². The Labute approximate surface area is 431 Å². The van der Waals surface area contributed by atoms with E-state index in [1.165, 1.54) is 63.5 Å². The molecule has 72 heavy (non-hydrogen) atoms. The second kappa shape index (κ2) is 34.4. The lowest BCUT2D eigenvalue weighted by Crippen LogP contribution is -2.66. The summed E-state index contributed by atoms with van der Waals surface area (Å²) in [7, 11) is 0. The number of carbonyl (C=O) groups is 2. The molecule has 14 heteroatoms. The molecule has 3 aromatic rings. The highest BCUT2D eigenvalue weighted by Gasteiger charge is 2.70. The standard InChI is InChI=1S/C58H90O14/c1-9-17-19-21-23-25-27-29-37-45-69-55(63-11-3,57(65-13-5,66-14-6)71-47-39-33-31-34-40-47)51-49(53(59)60)43-44-50(54(61)62)52(51)56(64-12-4,70-46-38-30-28-26-24-22-20-18-10-2)58(67-15-7,68-16-8)72-48-41-35-32-36-42-48/h31-36,39-44H,9-30,37-38,45-46H2,1-8H3,(H,59,60)(H,61,62). The molecular weight excluding hydrogens is 921 g/mol. The van der Waals surface area contributed by atoms with Gasteiger partial charge in [-0.05, 0) is 90.8 Å². The fourth-order valence-corrected chi connectivity index (χ4v) is 9.10. The number of benzene rings is 3. The van der Waals surface area contributed by atoms with E-state index < -0.39 is 46.6 Å². The summed E-state index contributed by atoms with van der Waals surface area (Å²) in [6.07, 6.45) is 18.3. The highest BCUT2D eigenvalue weighted by molar-refractivity contribution is 5.96. The molecule has 0 bridgehead atoms. The molecule has 3 aromatic carbocycles. The normalized spacial score (nSPS) is 13.7. The Morgan fingerprint density at radius 3 is 0.903 bits per heavy atom. The van der Waals surface area contributed by atoms with Crippen LogP contribution >= 0.6 is 0 Å². The van der Waals surface area contributed by atoms with E-state index in [9.17, 15) is 19.8 Å². The summed E-state index contributed by atoms with van der Waals surface area (Å²) in [5.74, 6) is -12.6. The first-order valence-corrected chi connectivity index (χ1v) is 27.3. The van der Waals surface area contributed by atoms with Gasteiger partial charge in [0.2, 0.25) is 0 Å². The van der Waals surface area contributed by atoms with Gasteiger partial charge in [0.25, 0.3) is 11.6 Å². The van der Waals surface area contributed by atoms with Gasteiger partial charge in [0.05, 0.1) is 50.8 Å². The number of aromatic carboxylic acids is 2. The highest BCUT2D eigenvalue weighted by Crippen LogP contribution is 2.54. The highest BCUT2D eigenvalue weighted by atomic mass is 16.9. The van der Waals surface area contributed by atoms with Crippen LogP contribution in [0.5, 0.6) is 11.5 Å². The number of para-hydroxylation sites is 2. The van der Waals surface area contributed by atoms with Gasteiger partial charge < -0.3 is 57.6 Å². The Balaban J connectivity index is 2.61. The lowest BCUT2D eigenvalue weighted by Gasteiger charge is -2.51. The summed E-state index contributed by atoms with van der Waals surface area (Å²) in [4.78, 5) is 28.4. The molecule has 0 amide bonds. The zero-order valence-corrected chi connectivity index (χ0v) is 45.1. The monoisotopic (exact) mass is 1010 g/mol. The molecule has 0 radical (unpaired) electrons. The van der Waals surface area contributed by atoms with Crippen LogP contribution in [0.15, 0.2) is 72.8 Å². The summed E-state index contributed by atoms with van der Waals surface area (Å²) in [5, 5.41) is 23.1. The largest absolute Gasteiger partial charge is 0.478 e. The number of hydrogen-bond donors (Lipinski definition) is 2. The second-order valence-electron chi connectivity index (χ2n) is 17.6. The van der Waals surface area contributed by atoms with Crippen LogP contribution in [0.25, 0.3) is 0 Å². The SMILES string of the molecule is CCCCCCCCCCCOC(OCC)(c1c(C(=O)O)ccc(C(=O)O)c1C(OCC)(OCCCCCCCCCCC)C(OCC)(OCC)Oc1ccccc1)C(OCC)(OCC)Oc1ccccc1. The number of carboxylic acids is 2. The van der Waals surface area contributed by atoms with E-state index in [1.54, 1.807) is 90.1 Å². The molecular formula is C58H90O14. The van der Waals surface area contributed by atoms with Crippen molar-refractivity contribution in [2.45, 2.75) is 194 Å². The van der Waals surface area contributed by atoms with Crippen LogP contribution in [0.3, 0.4) is 0 Å². The van der Waals surface area contributed by atoms with Crippen molar-refractivity contribution in [1.82, 2.24) is 0 Å². The Morgan fingerprint density at radius 1 is 0.361 bits per heavy atom. The van der Waals surface area contributed by atoms with E-state index in [2.05, 4.69) is 13.8 Å². The third-order valence-corrected chi connectivity index (χ3v) is 12.3. The third-order valence-electron chi connectivity index (χ3n) is 12.3. The molecule has 406 valence electrons. The number of carboxylic acid groups (broad SMARTS) is 2. The molecule has 2 atom stereocenters. The van der Waals surface area contributed by atoms with Crippen LogP contribution in [0.4, 0.5) is 0 Å². The Bertz CT molecular complexity index is 1760. The molecule has 0 heterocycles. The minimum Gasteiger partial charge on any atom is -0.478 e. The number of hydrogen-bond acceptors (Lipinski definition) is 12. The van der Waals surface area contributed by atoms with Crippen LogP contribution in [0.2, 0.25) is 0 Å². The Morgan fingerprint density at radius 2 is 0.639 bits per heavy atom. The van der Waals surface area contributed by atoms with E-state index in [0.717, 1.165) is 51.4 Å². The van der Waals surface area contributed by atoms with Crippen LogP contribution in [0.1, 0.15) is 203 Å². The molecule has 0 fully saturated rings. The van der Waals surface area contributed by atoms with Crippen molar-refractivity contribution in [1.29, 1.82) is 0 Å². The van der Waals surface area contributed by atoms with Crippen molar-refractivity contribution >= 4 is 11.9 Å². The number of ether oxygens (including phenoxy) is 10. The molecule has 0 saturated heterocycles. The van der Waals surface area contributed by atoms with E-state index in [0.29, 0.717) is 12.8 Å². The first-order chi connectivity index (χ1) is 35.0. The zero-order valence-electron chi connectivity index (χ0n) is 45.1. The van der Waals surface area contributed by atoms with E-state index in [-0.39, 0.29) is 75.5 Å². The Hall–Kier alpha value is -4.12. The molecule has 2 N–H and O–H groups in total. The van der Waals surface area contributed by atoms with E-state index >= 15 is 0 Å². The summed E-state index contributed by atoms with van der Waals surface area (Å²) < 4.78 is 68.8. The predicted molar refractivity (Wildman–Crippen MR) is 279 cm³/mol. The molecule has 3 rings (SSSR count). The lowest BCUT2D eigenvalue weighted by molar-refractivity contribution is -0.491. The fraction of sp³-hybridized carbons (Fsp3) is 0.655. The van der Waals surface area contributed by atoms with Gasteiger partial charge in [-0.2, -0.15) is 0 Å². The van der Waals surface area contributed by atoms with Crippen molar-refractivity contribution < 1.29 is 67.2 Å². The van der Waals surface area contributed by atoms with Crippen molar-refractivity contribution in [2.75, 3.05) is 52.9 Å². The molecule has 14 nitrogen and oxygen atoms in total. The van der Waals surface area contributed by atoms with Gasteiger partial charge in [0.1, 0.15) is 11.5 Å². The van der Waals surface area contributed by atoms with Crippen molar-refractivity contribution in [3.05, 3.63) is 95.1 Å². The molecule has 2 unspecified atom stereocenters. The zero-order chi connectivity index (χ0) is 52.6. The third kappa shape index (κ3) is 17.2. The van der Waals surface area contributed by atoms with Crippen LogP contribution in [-0.4, -0.2) is 87.0 Å². The van der Waals surface area contributed by atoms with Gasteiger partial charge in [0, 0.05) is 24.3 Å².